The Bertz CT molecular complexity index is 404. The van der Waals surface area contributed by atoms with Crippen LogP contribution in [-0.2, 0) is 9.53 Å². The molecule has 1 rings (SSSR count). The molecule has 0 aromatic rings. The van der Waals surface area contributed by atoms with Crippen LogP contribution in [0, 0.1) is 0 Å². The summed E-state index contributed by atoms with van der Waals surface area (Å²) < 4.78 is 5.49. The van der Waals surface area contributed by atoms with E-state index in [0.29, 0.717) is 13.1 Å². The zero-order valence-electron chi connectivity index (χ0n) is 15.4. The quantitative estimate of drug-likeness (QED) is 0.813. The molecule has 1 saturated heterocycles. The van der Waals surface area contributed by atoms with E-state index in [1.54, 1.807) is 4.90 Å². The molecule has 0 radical (unpaired) electrons. The number of carbonyl (C=O) groups excluding carboxylic acids is 2. The second-order valence-corrected chi connectivity index (χ2v) is 7.62. The Kier molecular flexibility index (Phi) is 7.32. The molecule has 23 heavy (non-hydrogen) atoms. The molecule has 0 aromatic heterocycles. The lowest BCUT2D eigenvalue weighted by Gasteiger charge is -2.37. The molecule has 2 amide bonds. The lowest BCUT2D eigenvalue weighted by atomic mass is 10.0. The first-order valence-corrected chi connectivity index (χ1v) is 8.63. The van der Waals surface area contributed by atoms with Crippen molar-refractivity contribution in [3.05, 3.63) is 0 Å². The summed E-state index contributed by atoms with van der Waals surface area (Å²) in [5.74, 6) is -0.0142. The molecule has 0 aromatic carbocycles. The molecule has 6 heteroatoms. The monoisotopic (exact) mass is 327 g/mol. The lowest BCUT2D eigenvalue weighted by molar-refractivity contribution is -0.123. The van der Waals surface area contributed by atoms with E-state index in [-0.39, 0.29) is 30.1 Å². The number of likely N-dealkylation sites (tertiary alicyclic amines) is 1. The summed E-state index contributed by atoms with van der Waals surface area (Å²) in [6, 6.07) is -0.0765. The van der Waals surface area contributed by atoms with Crippen LogP contribution in [0.15, 0.2) is 0 Å². The van der Waals surface area contributed by atoms with Crippen LogP contribution in [0.2, 0.25) is 0 Å². The van der Waals surface area contributed by atoms with Crippen molar-refractivity contribution in [2.45, 2.75) is 84.5 Å². The summed E-state index contributed by atoms with van der Waals surface area (Å²) in [5.41, 5.74) is -0.489. The standard InChI is InChI=1S/C17H33N3O3/c1-12(2)19-15(21)13(3)18-11-14-9-7-8-10-20(14)16(22)23-17(4,5)6/h12-14,18H,7-11H2,1-6H3,(H,19,21). The third-order valence-corrected chi connectivity index (χ3v) is 3.74. The van der Waals surface area contributed by atoms with E-state index in [2.05, 4.69) is 10.6 Å². The van der Waals surface area contributed by atoms with Crippen LogP contribution in [0.1, 0.15) is 60.8 Å². The number of hydrogen-bond acceptors (Lipinski definition) is 4. The maximum atomic E-state index is 12.3. The van der Waals surface area contributed by atoms with Crippen molar-refractivity contribution in [1.82, 2.24) is 15.5 Å². The highest BCUT2D eigenvalue weighted by atomic mass is 16.6. The molecule has 1 aliphatic heterocycles. The van der Waals surface area contributed by atoms with Gasteiger partial charge >= 0.3 is 6.09 Å². The Hall–Kier alpha value is -1.30. The summed E-state index contributed by atoms with van der Waals surface area (Å²) in [6.45, 7) is 12.7. The molecular formula is C17H33N3O3. The lowest BCUT2D eigenvalue weighted by Crippen LogP contribution is -2.53. The van der Waals surface area contributed by atoms with Crippen molar-refractivity contribution in [3.63, 3.8) is 0 Å². The predicted octanol–water partition coefficient (Wildman–Crippen LogP) is 2.28. The molecule has 0 saturated carbocycles. The van der Waals surface area contributed by atoms with Crippen molar-refractivity contribution in [2.24, 2.45) is 0 Å². The summed E-state index contributed by atoms with van der Waals surface area (Å²) in [4.78, 5) is 26.1. The number of rotatable bonds is 5. The summed E-state index contributed by atoms with van der Waals surface area (Å²) in [6.07, 6.45) is 2.77. The minimum absolute atomic E-state index is 0.0142. The van der Waals surface area contributed by atoms with E-state index in [0.717, 1.165) is 19.3 Å². The van der Waals surface area contributed by atoms with Crippen LogP contribution < -0.4 is 10.6 Å². The largest absolute Gasteiger partial charge is 0.444 e. The van der Waals surface area contributed by atoms with Gasteiger partial charge in [-0.2, -0.15) is 0 Å². The third kappa shape index (κ3) is 7.20. The van der Waals surface area contributed by atoms with Crippen LogP contribution in [-0.4, -0.2) is 53.7 Å². The minimum atomic E-state index is -0.489. The first-order chi connectivity index (χ1) is 10.6. The van der Waals surface area contributed by atoms with Gasteiger partial charge in [-0.05, 0) is 60.8 Å². The Morgan fingerprint density at radius 2 is 1.87 bits per heavy atom. The fourth-order valence-corrected chi connectivity index (χ4v) is 2.59. The maximum Gasteiger partial charge on any atom is 0.410 e. The summed E-state index contributed by atoms with van der Waals surface area (Å²) >= 11 is 0. The molecule has 2 N–H and O–H groups in total. The molecule has 2 atom stereocenters. The van der Waals surface area contributed by atoms with Crippen molar-refractivity contribution in [1.29, 1.82) is 0 Å². The Morgan fingerprint density at radius 1 is 1.22 bits per heavy atom. The van der Waals surface area contributed by atoms with Gasteiger partial charge < -0.3 is 20.3 Å². The average Bonchev–Trinajstić information content (AvgIpc) is 2.42. The van der Waals surface area contributed by atoms with E-state index < -0.39 is 5.60 Å². The van der Waals surface area contributed by atoms with E-state index in [4.69, 9.17) is 4.74 Å². The van der Waals surface area contributed by atoms with Gasteiger partial charge in [0.15, 0.2) is 0 Å². The molecule has 0 spiro atoms. The number of amides is 2. The number of nitrogens with zero attached hydrogens (tertiary/aromatic N) is 1. The van der Waals surface area contributed by atoms with Gasteiger partial charge in [-0.1, -0.05) is 0 Å². The van der Waals surface area contributed by atoms with Gasteiger partial charge in [0.2, 0.25) is 5.91 Å². The van der Waals surface area contributed by atoms with Gasteiger partial charge in [-0.3, -0.25) is 4.79 Å². The minimum Gasteiger partial charge on any atom is -0.444 e. The average molecular weight is 327 g/mol. The molecule has 134 valence electrons. The van der Waals surface area contributed by atoms with Gasteiger partial charge in [0.25, 0.3) is 0 Å². The molecule has 6 nitrogen and oxygen atoms in total. The smallest absolute Gasteiger partial charge is 0.410 e. The second-order valence-electron chi connectivity index (χ2n) is 7.62. The van der Waals surface area contributed by atoms with Crippen LogP contribution in [0.4, 0.5) is 4.79 Å². The van der Waals surface area contributed by atoms with Crippen LogP contribution in [0.5, 0.6) is 0 Å². The van der Waals surface area contributed by atoms with Crippen molar-refractivity contribution in [2.75, 3.05) is 13.1 Å². The first-order valence-electron chi connectivity index (χ1n) is 8.63. The molecule has 1 aliphatic rings. The molecule has 2 unspecified atom stereocenters. The van der Waals surface area contributed by atoms with Crippen molar-refractivity contribution < 1.29 is 14.3 Å². The number of nitrogens with one attached hydrogen (secondary N) is 2. The van der Waals surface area contributed by atoms with E-state index in [1.807, 2.05) is 41.5 Å². The Labute approximate surface area is 140 Å². The molecular weight excluding hydrogens is 294 g/mol. The molecule has 1 fully saturated rings. The molecule has 0 aliphatic carbocycles. The third-order valence-electron chi connectivity index (χ3n) is 3.74. The van der Waals surface area contributed by atoms with Crippen molar-refractivity contribution in [3.8, 4) is 0 Å². The van der Waals surface area contributed by atoms with Gasteiger partial charge in [-0.15, -0.1) is 0 Å². The van der Waals surface area contributed by atoms with E-state index in [1.165, 1.54) is 0 Å². The molecule has 0 bridgehead atoms. The normalized spacial score (nSPS) is 20.3. The number of hydrogen-bond donors (Lipinski definition) is 2. The zero-order valence-corrected chi connectivity index (χ0v) is 15.4. The van der Waals surface area contributed by atoms with Crippen molar-refractivity contribution >= 4 is 12.0 Å². The highest BCUT2D eigenvalue weighted by Crippen LogP contribution is 2.20. The predicted molar refractivity (Wildman–Crippen MR) is 91.3 cm³/mol. The fraction of sp³-hybridized carbons (Fsp3) is 0.882. The highest BCUT2D eigenvalue weighted by Gasteiger charge is 2.30. The fourth-order valence-electron chi connectivity index (χ4n) is 2.59. The first kappa shape index (κ1) is 19.7. The van der Waals surface area contributed by atoms with Crippen LogP contribution in [0.25, 0.3) is 0 Å². The summed E-state index contributed by atoms with van der Waals surface area (Å²) in [5, 5.41) is 6.13. The Balaban J connectivity index is 2.55. The van der Waals surface area contributed by atoms with E-state index in [9.17, 15) is 9.59 Å². The van der Waals surface area contributed by atoms with Gasteiger partial charge in [0.05, 0.1) is 6.04 Å². The van der Waals surface area contributed by atoms with E-state index >= 15 is 0 Å². The summed E-state index contributed by atoms with van der Waals surface area (Å²) in [7, 11) is 0. The van der Waals surface area contributed by atoms with Gasteiger partial charge in [-0.25, -0.2) is 4.79 Å². The number of carbonyl (C=O) groups is 2. The Morgan fingerprint density at radius 3 is 2.43 bits per heavy atom. The highest BCUT2D eigenvalue weighted by molar-refractivity contribution is 5.81. The maximum absolute atomic E-state index is 12.3. The van der Waals surface area contributed by atoms with Gasteiger partial charge in [0, 0.05) is 25.2 Å². The van der Waals surface area contributed by atoms with Crippen LogP contribution in [0.3, 0.4) is 0 Å². The second kappa shape index (κ2) is 8.52. The zero-order chi connectivity index (χ0) is 17.6. The van der Waals surface area contributed by atoms with Gasteiger partial charge in [0.1, 0.15) is 5.60 Å². The number of ether oxygens (including phenoxy) is 1. The molecule has 1 heterocycles. The van der Waals surface area contributed by atoms with Crippen LogP contribution >= 0.6 is 0 Å². The SMILES string of the molecule is CC(C)NC(=O)C(C)NCC1CCCCN1C(=O)OC(C)(C)C. The topological polar surface area (TPSA) is 70.7 Å². The number of piperidine rings is 1.